The van der Waals surface area contributed by atoms with Crippen LogP contribution < -0.4 is 10.5 Å². The van der Waals surface area contributed by atoms with Crippen LogP contribution in [0.2, 0.25) is 0 Å². The molecule has 150 valence electrons. The van der Waals surface area contributed by atoms with Gasteiger partial charge in [-0.3, -0.25) is 14.2 Å². The Kier molecular flexibility index (Phi) is 5.20. The fourth-order valence-electron chi connectivity index (χ4n) is 4.16. The molecular weight excluding hydrogens is 366 g/mol. The number of nitrogens with zero attached hydrogens (tertiary/aromatic N) is 3. The second-order valence-corrected chi connectivity index (χ2v) is 7.70. The van der Waals surface area contributed by atoms with Crippen molar-refractivity contribution in [2.45, 2.75) is 45.2 Å². The third kappa shape index (κ3) is 3.34. The molecule has 1 amide bonds. The predicted octanol–water partition coefficient (Wildman–Crippen LogP) is 2.86. The van der Waals surface area contributed by atoms with E-state index in [2.05, 4.69) is 0 Å². The van der Waals surface area contributed by atoms with Crippen LogP contribution in [0.3, 0.4) is 0 Å². The third-order valence-electron chi connectivity index (χ3n) is 5.49. The number of anilines is 1. The molecule has 0 saturated heterocycles. The number of amides is 1. The maximum absolute atomic E-state index is 13.3. The van der Waals surface area contributed by atoms with Crippen LogP contribution in [0.1, 0.15) is 37.6 Å². The van der Waals surface area contributed by atoms with Gasteiger partial charge in [-0.15, -0.1) is 0 Å². The van der Waals surface area contributed by atoms with E-state index in [1.54, 1.807) is 10.6 Å². The van der Waals surface area contributed by atoms with Crippen LogP contribution >= 0.6 is 0 Å². The number of aromatic nitrogens is 2. The minimum Gasteiger partial charge on any atom is -0.396 e. The molecule has 6 heteroatoms. The summed E-state index contributed by atoms with van der Waals surface area (Å²) in [4.78, 5) is 32.9. The van der Waals surface area contributed by atoms with Crippen molar-refractivity contribution in [3.05, 3.63) is 70.3 Å². The van der Waals surface area contributed by atoms with Crippen molar-refractivity contribution >= 4 is 22.5 Å². The average molecular weight is 391 g/mol. The van der Waals surface area contributed by atoms with Crippen LogP contribution in [0.5, 0.6) is 0 Å². The van der Waals surface area contributed by atoms with Gasteiger partial charge in [-0.1, -0.05) is 30.3 Å². The van der Waals surface area contributed by atoms with Gasteiger partial charge in [0.2, 0.25) is 5.91 Å². The Morgan fingerprint density at radius 1 is 1.07 bits per heavy atom. The molecule has 29 heavy (non-hydrogen) atoms. The molecule has 4 rings (SSSR count). The minimum absolute atomic E-state index is 0.00890. The number of fused-ring (bicyclic) bond motifs is 2. The van der Waals surface area contributed by atoms with E-state index in [9.17, 15) is 14.7 Å². The Bertz CT molecular complexity index is 1120. The van der Waals surface area contributed by atoms with Crippen molar-refractivity contribution < 1.29 is 9.90 Å². The highest BCUT2D eigenvalue weighted by Gasteiger charge is 2.39. The molecule has 0 spiro atoms. The van der Waals surface area contributed by atoms with Gasteiger partial charge in [0.25, 0.3) is 5.56 Å². The highest BCUT2D eigenvalue weighted by Crippen LogP contribution is 2.39. The quantitative estimate of drug-likeness (QED) is 0.701. The molecule has 3 aromatic rings. The lowest BCUT2D eigenvalue weighted by atomic mass is 9.96. The monoisotopic (exact) mass is 391 g/mol. The molecule has 1 N–H and O–H groups in total. The highest BCUT2D eigenvalue weighted by atomic mass is 16.3. The van der Waals surface area contributed by atoms with Crippen molar-refractivity contribution in [1.29, 1.82) is 0 Å². The molecular formula is C23H25N3O3. The van der Waals surface area contributed by atoms with E-state index in [0.29, 0.717) is 36.1 Å². The van der Waals surface area contributed by atoms with E-state index in [1.165, 1.54) is 0 Å². The van der Waals surface area contributed by atoms with Gasteiger partial charge in [-0.05, 0) is 44.0 Å². The van der Waals surface area contributed by atoms with Crippen LogP contribution in [0.4, 0.5) is 5.69 Å². The fraction of sp³-hybridized carbons (Fsp3) is 0.348. The number of aliphatic hydroxyl groups is 1. The lowest BCUT2D eigenvalue weighted by molar-refractivity contribution is -0.119. The normalized spacial score (nSPS) is 16.1. The smallest absolute Gasteiger partial charge is 0.261 e. The molecule has 1 aliphatic rings. The summed E-state index contributed by atoms with van der Waals surface area (Å²) in [6.45, 7) is 4.37. The number of hydrogen-bond donors (Lipinski definition) is 1. The first-order chi connectivity index (χ1) is 14.0. The fourth-order valence-corrected chi connectivity index (χ4v) is 4.16. The lowest BCUT2D eigenvalue weighted by Crippen LogP contribution is -2.36. The van der Waals surface area contributed by atoms with E-state index in [1.807, 2.05) is 61.2 Å². The van der Waals surface area contributed by atoms with Crippen molar-refractivity contribution in [2.24, 2.45) is 0 Å². The Balaban J connectivity index is 1.81. The largest absolute Gasteiger partial charge is 0.396 e. The molecule has 6 nitrogen and oxygen atoms in total. The van der Waals surface area contributed by atoms with Gasteiger partial charge < -0.3 is 10.0 Å². The first kappa shape index (κ1) is 19.3. The van der Waals surface area contributed by atoms with E-state index in [4.69, 9.17) is 4.98 Å². The maximum Gasteiger partial charge on any atom is 0.261 e. The second kappa shape index (κ2) is 7.79. The summed E-state index contributed by atoms with van der Waals surface area (Å²) in [7, 11) is 0. The number of rotatable bonds is 6. The van der Waals surface area contributed by atoms with Gasteiger partial charge in [0.15, 0.2) is 0 Å². The van der Waals surface area contributed by atoms with Gasteiger partial charge in [0.1, 0.15) is 5.82 Å². The highest BCUT2D eigenvalue weighted by molar-refractivity contribution is 6.05. The molecule has 0 saturated carbocycles. The zero-order chi connectivity index (χ0) is 20.5. The molecule has 2 heterocycles. The average Bonchev–Trinajstić information content (AvgIpc) is 2.99. The summed E-state index contributed by atoms with van der Waals surface area (Å²) in [5.41, 5.74) is 2.41. The Hall–Kier alpha value is -2.99. The molecule has 0 radical (unpaired) electrons. The Labute approximate surface area is 169 Å². The van der Waals surface area contributed by atoms with E-state index in [-0.39, 0.29) is 30.0 Å². The van der Waals surface area contributed by atoms with Crippen molar-refractivity contribution in [3.63, 3.8) is 0 Å². The van der Waals surface area contributed by atoms with Crippen molar-refractivity contribution in [3.8, 4) is 0 Å². The predicted molar refractivity (Wildman–Crippen MR) is 113 cm³/mol. The lowest BCUT2D eigenvalue weighted by Gasteiger charge is -2.22. The topological polar surface area (TPSA) is 75.4 Å². The van der Waals surface area contributed by atoms with Crippen molar-refractivity contribution in [1.82, 2.24) is 9.55 Å². The van der Waals surface area contributed by atoms with E-state index in [0.717, 1.165) is 11.3 Å². The number of hydrogen-bond acceptors (Lipinski definition) is 4. The summed E-state index contributed by atoms with van der Waals surface area (Å²) in [6, 6.07) is 15.1. The minimum atomic E-state index is -0.373. The van der Waals surface area contributed by atoms with E-state index >= 15 is 0 Å². The van der Waals surface area contributed by atoms with Crippen LogP contribution in [0.25, 0.3) is 10.9 Å². The molecule has 0 aliphatic carbocycles. The summed E-state index contributed by atoms with van der Waals surface area (Å²) < 4.78 is 1.62. The molecule has 1 unspecified atom stereocenters. The maximum atomic E-state index is 13.3. The third-order valence-corrected chi connectivity index (χ3v) is 5.49. The van der Waals surface area contributed by atoms with Crippen LogP contribution in [-0.4, -0.2) is 33.2 Å². The van der Waals surface area contributed by atoms with Gasteiger partial charge in [-0.2, -0.15) is 0 Å². The SMILES string of the molecule is CC(C)N1C(=O)C(Cc2nc3ccccc3c(=O)n2CCCO)c2ccccc21. The number of aliphatic hydroxyl groups excluding tert-OH is 1. The van der Waals surface area contributed by atoms with Gasteiger partial charge >= 0.3 is 0 Å². The second-order valence-electron chi connectivity index (χ2n) is 7.70. The van der Waals surface area contributed by atoms with Gasteiger partial charge in [0, 0.05) is 31.3 Å². The van der Waals surface area contributed by atoms with Gasteiger partial charge in [0.05, 0.1) is 16.8 Å². The summed E-state index contributed by atoms with van der Waals surface area (Å²) in [6.07, 6.45) is 0.810. The summed E-state index contributed by atoms with van der Waals surface area (Å²) >= 11 is 0. The molecule has 0 fully saturated rings. The summed E-state index contributed by atoms with van der Waals surface area (Å²) in [5.74, 6) is 0.250. The number of benzene rings is 2. The number of carbonyl (C=O) groups is 1. The molecule has 1 aromatic heterocycles. The van der Waals surface area contributed by atoms with E-state index < -0.39 is 0 Å². The zero-order valence-corrected chi connectivity index (χ0v) is 16.7. The van der Waals surface area contributed by atoms with Gasteiger partial charge in [-0.25, -0.2) is 4.98 Å². The standard InChI is InChI=1S/C23H25N3O3/c1-15(2)26-20-11-6-4-8-16(20)18(23(26)29)14-21-24-19-10-5-3-9-17(19)22(28)25(21)12-7-13-27/h3-6,8-11,15,18,27H,7,12-14H2,1-2H3. The number of para-hydroxylation sites is 2. The first-order valence-electron chi connectivity index (χ1n) is 10.0. The summed E-state index contributed by atoms with van der Waals surface area (Å²) in [5, 5.41) is 9.83. The van der Waals surface area contributed by atoms with Crippen molar-refractivity contribution in [2.75, 3.05) is 11.5 Å². The molecule has 2 aromatic carbocycles. The number of carbonyl (C=O) groups excluding carboxylic acids is 1. The Morgan fingerprint density at radius 2 is 1.79 bits per heavy atom. The molecule has 1 atom stereocenters. The Morgan fingerprint density at radius 3 is 2.55 bits per heavy atom. The van der Waals surface area contributed by atoms with Crippen LogP contribution in [0, 0.1) is 0 Å². The van der Waals surface area contributed by atoms with Crippen LogP contribution in [0.15, 0.2) is 53.3 Å². The molecule has 1 aliphatic heterocycles. The van der Waals surface area contributed by atoms with Crippen LogP contribution in [-0.2, 0) is 17.8 Å². The molecule has 0 bridgehead atoms. The zero-order valence-electron chi connectivity index (χ0n) is 16.7. The first-order valence-corrected chi connectivity index (χ1v) is 10.0.